The fourth-order valence-electron chi connectivity index (χ4n) is 2.14. The van der Waals surface area contributed by atoms with Crippen LogP contribution in [-0.2, 0) is 16.6 Å². The Hall–Kier alpha value is -0.430. The number of rotatable bonds is 6. The molecule has 112 valence electrons. The summed E-state index contributed by atoms with van der Waals surface area (Å²) in [7, 11) is -1.72. The summed E-state index contributed by atoms with van der Waals surface area (Å²) < 4.78 is 27.8. The number of nitrogens with one attached hydrogen (secondary N) is 1. The van der Waals surface area contributed by atoms with E-state index in [-0.39, 0.29) is 6.04 Å². The molecule has 0 bridgehead atoms. The lowest BCUT2D eigenvalue weighted by molar-refractivity contribution is 0.463. The third kappa shape index (κ3) is 3.24. The van der Waals surface area contributed by atoms with Crippen LogP contribution in [0.15, 0.2) is 21.5 Å². The number of hydrogen-bond acceptors (Lipinski definition) is 3. The van der Waals surface area contributed by atoms with E-state index in [0.717, 1.165) is 35.0 Å². The molecule has 1 aromatic rings. The molecule has 0 atom stereocenters. The Morgan fingerprint density at radius 2 is 2.05 bits per heavy atom. The van der Waals surface area contributed by atoms with Crippen molar-refractivity contribution in [3.63, 3.8) is 0 Å². The Morgan fingerprint density at radius 1 is 1.40 bits per heavy atom. The molecule has 0 unspecified atom stereocenters. The van der Waals surface area contributed by atoms with Crippen LogP contribution in [0, 0.1) is 6.92 Å². The first-order valence-electron chi connectivity index (χ1n) is 6.85. The number of halogens is 1. The summed E-state index contributed by atoms with van der Waals surface area (Å²) in [5, 5.41) is 3.22. The van der Waals surface area contributed by atoms with Crippen molar-refractivity contribution in [2.24, 2.45) is 0 Å². The third-order valence-corrected chi connectivity index (χ3v) is 6.51. The minimum atomic E-state index is -3.40. The fraction of sp³-hybridized carbons (Fsp3) is 0.571. The highest BCUT2D eigenvalue weighted by atomic mass is 79.9. The predicted molar refractivity (Wildman–Crippen MR) is 84.2 cm³/mol. The van der Waals surface area contributed by atoms with Crippen LogP contribution in [0.25, 0.3) is 0 Å². The molecule has 0 saturated heterocycles. The van der Waals surface area contributed by atoms with Crippen molar-refractivity contribution in [1.82, 2.24) is 9.62 Å². The Kier molecular flexibility index (Phi) is 4.89. The van der Waals surface area contributed by atoms with Crippen LogP contribution in [0.1, 0.15) is 30.9 Å². The summed E-state index contributed by atoms with van der Waals surface area (Å²) in [4.78, 5) is 0.411. The fourth-order valence-corrected chi connectivity index (χ4v) is 4.49. The second-order valence-electron chi connectivity index (χ2n) is 5.23. The molecule has 1 aliphatic rings. The predicted octanol–water partition coefficient (Wildman–Crippen LogP) is 2.65. The molecule has 0 radical (unpaired) electrons. The largest absolute Gasteiger partial charge is 0.313 e. The van der Waals surface area contributed by atoms with Crippen molar-refractivity contribution in [2.75, 3.05) is 13.6 Å². The normalized spacial score (nSPS) is 15.8. The van der Waals surface area contributed by atoms with Gasteiger partial charge in [-0.3, -0.25) is 0 Å². The van der Waals surface area contributed by atoms with Crippen molar-refractivity contribution in [2.45, 2.75) is 44.2 Å². The number of hydrogen-bond donors (Lipinski definition) is 1. The summed E-state index contributed by atoms with van der Waals surface area (Å²) >= 11 is 3.47. The summed E-state index contributed by atoms with van der Waals surface area (Å²) in [5.41, 5.74) is 1.75. The molecule has 20 heavy (non-hydrogen) atoms. The number of nitrogens with zero attached hydrogens (tertiary/aromatic N) is 1. The monoisotopic (exact) mass is 360 g/mol. The lowest BCUT2D eigenvalue weighted by Crippen LogP contribution is -2.29. The van der Waals surface area contributed by atoms with Gasteiger partial charge < -0.3 is 5.32 Å². The summed E-state index contributed by atoms with van der Waals surface area (Å²) in [6.07, 6.45) is 1.93. The molecule has 6 heteroatoms. The third-order valence-electron chi connectivity index (χ3n) is 3.65. The van der Waals surface area contributed by atoms with Crippen LogP contribution >= 0.6 is 15.9 Å². The minimum Gasteiger partial charge on any atom is -0.313 e. The smallest absolute Gasteiger partial charge is 0.243 e. The topological polar surface area (TPSA) is 49.4 Å². The zero-order valence-corrected chi connectivity index (χ0v) is 14.5. The Labute approximate surface area is 129 Å². The average Bonchev–Trinajstić information content (AvgIpc) is 3.23. The molecule has 0 aromatic heterocycles. The minimum absolute atomic E-state index is 0.176. The van der Waals surface area contributed by atoms with Gasteiger partial charge in [-0.05, 0) is 49.6 Å². The van der Waals surface area contributed by atoms with E-state index < -0.39 is 10.0 Å². The molecule has 4 nitrogen and oxygen atoms in total. The zero-order valence-electron chi connectivity index (χ0n) is 12.1. The molecule has 0 heterocycles. The van der Waals surface area contributed by atoms with E-state index in [9.17, 15) is 8.42 Å². The van der Waals surface area contributed by atoms with Crippen LogP contribution in [0.4, 0.5) is 0 Å². The molecule has 1 N–H and O–H groups in total. The quantitative estimate of drug-likeness (QED) is 0.848. The van der Waals surface area contributed by atoms with Gasteiger partial charge in [0.25, 0.3) is 0 Å². The van der Waals surface area contributed by atoms with Gasteiger partial charge in [0, 0.05) is 24.1 Å². The van der Waals surface area contributed by atoms with E-state index in [1.807, 2.05) is 19.9 Å². The zero-order chi connectivity index (χ0) is 14.9. The van der Waals surface area contributed by atoms with Gasteiger partial charge in [-0.25, -0.2) is 8.42 Å². The first-order chi connectivity index (χ1) is 9.37. The highest BCUT2D eigenvalue weighted by Gasteiger charge is 2.36. The first-order valence-corrected chi connectivity index (χ1v) is 9.09. The summed E-state index contributed by atoms with van der Waals surface area (Å²) in [6.45, 7) is 5.40. The van der Waals surface area contributed by atoms with Crippen LogP contribution in [-0.4, -0.2) is 32.4 Å². The molecular weight excluding hydrogens is 340 g/mol. The Balaban J connectivity index is 2.41. The Morgan fingerprint density at radius 3 is 2.60 bits per heavy atom. The molecule has 1 fully saturated rings. The molecule has 0 amide bonds. The highest BCUT2D eigenvalue weighted by molar-refractivity contribution is 9.10. The summed E-state index contributed by atoms with van der Waals surface area (Å²) in [6, 6.07) is 3.95. The van der Waals surface area contributed by atoms with Crippen LogP contribution in [0.2, 0.25) is 0 Å². The lowest BCUT2D eigenvalue weighted by atomic mass is 10.1. The SMILES string of the molecule is CCNCc1cc(Br)c(C)c(S(=O)(=O)N(C)C2CC2)c1. The van der Waals surface area contributed by atoms with Gasteiger partial charge in [0.2, 0.25) is 10.0 Å². The van der Waals surface area contributed by atoms with Crippen molar-refractivity contribution in [3.05, 3.63) is 27.7 Å². The van der Waals surface area contributed by atoms with E-state index >= 15 is 0 Å². The molecule has 0 spiro atoms. The molecule has 2 rings (SSSR count). The van der Waals surface area contributed by atoms with E-state index in [1.165, 1.54) is 4.31 Å². The maximum absolute atomic E-state index is 12.7. The van der Waals surface area contributed by atoms with Crippen molar-refractivity contribution >= 4 is 26.0 Å². The lowest BCUT2D eigenvalue weighted by Gasteiger charge is -2.19. The second-order valence-corrected chi connectivity index (χ2v) is 8.05. The van der Waals surface area contributed by atoms with Gasteiger partial charge >= 0.3 is 0 Å². The molecule has 0 aliphatic heterocycles. The van der Waals surface area contributed by atoms with Gasteiger partial charge in [-0.15, -0.1) is 0 Å². The first kappa shape index (κ1) is 15.9. The van der Waals surface area contributed by atoms with Crippen LogP contribution in [0.5, 0.6) is 0 Å². The maximum atomic E-state index is 12.7. The highest BCUT2D eigenvalue weighted by Crippen LogP contribution is 2.33. The van der Waals surface area contributed by atoms with Crippen molar-refractivity contribution in [1.29, 1.82) is 0 Å². The van der Waals surface area contributed by atoms with Gasteiger partial charge in [0.15, 0.2) is 0 Å². The van der Waals surface area contributed by atoms with Crippen LogP contribution < -0.4 is 5.32 Å². The van der Waals surface area contributed by atoms with Gasteiger partial charge in [0.1, 0.15) is 0 Å². The molecular formula is C14H21BrN2O2S. The van der Waals surface area contributed by atoms with Crippen molar-refractivity contribution < 1.29 is 8.42 Å². The van der Waals surface area contributed by atoms with E-state index in [4.69, 9.17) is 0 Å². The average molecular weight is 361 g/mol. The van der Waals surface area contributed by atoms with E-state index in [2.05, 4.69) is 21.2 Å². The second kappa shape index (κ2) is 6.13. The molecule has 1 aliphatic carbocycles. The summed E-state index contributed by atoms with van der Waals surface area (Å²) in [5.74, 6) is 0. The number of benzene rings is 1. The number of sulfonamides is 1. The van der Waals surface area contributed by atoms with Crippen molar-refractivity contribution in [3.8, 4) is 0 Å². The van der Waals surface area contributed by atoms with E-state index in [0.29, 0.717) is 11.4 Å². The standard InChI is InChI=1S/C14H21BrN2O2S/c1-4-16-9-11-7-13(15)10(2)14(8-11)20(18,19)17(3)12-5-6-12/h7-8,12,16H,4-6,9H2,1-3H3. The molecule has 1 aromatic carbocycles. The maximum Gasteiger partial charge on any atom is 0.243 e. The molecule has 1 saturated carbocycles. The van der Waals surface area contributed by atoms with Gasteiger partial charge in [-0.2, -0.15) is 4.31 Å². The van der Waals surface area contributed by atoms with Gasteiger partial charge in [-0.1, -0.05) is 22.9 Å². The van der Waals surface area contributed by atoms with E-state index in [1.54, 1.807) is 13.1 Å². The van der Waals surface area contributed by atoms with Gasteiger partial charge in [0.05, 0.1) is 4.90 Å². The Bertz CT molecular complexity index is 597. The van der Waals surface area contributed by atoms with Crippen LogP contribution in [0.3, 0.4) is 0 Å².